The van der Waals surface area contributed by atoms with Gasteiger partial charge >= 0.3 is 0 Å². The van der Waals surface area contributed by atoms with E-state index in [-0.39, 0.29) is 0 Å². The SMILES string of the molecule is CCCOc1ccc(Cl)cc1Cn1cnnc1. The van der Waals surface area contributed by atoms with Gasteiger partial charge in [-0.1, -0.05) is 18.5 Å². The maximum absolute atomic E-state index is 5.99. The number of hydrogen-bond acceptors (Lipinski definition) is 3. The average molecular weight is 252 g/mol. The van der Waals surface area contributed by atoms with E-state index in [1.807, 2.05) is 22.8 Å². The van der Waals surface area contributed by atoms with Crippen molar-refractivity contribution in [3.63, 3.8) is 0 Å². The van der Waals surface area contributed by atoms with Crippen molar-refractivity contribution in [1.29, 1.82) is 0 Å². The third kappa shape index (κ3) is 3.20. The van der Waals surface area contributed by atoms with Crippen molar-refractivity contribution in [2.24, 2.45) is 0 Å². The molecule has 0 bridgehead atoms. The molecule has 0 saturated heterocycles. The zero-order chi connectivity index (χ0) is 12.1. The van der Waals surface area contributed by atoms with Crippen molar-refractivity contribution in [1.82, 2.24) is 14.8 Å². The van der Waals surface area contributed by atoms with E-state index in [0.717, 1.165) is 17.7 Å². The molecule has 0 amide bonds. The molecule has 0 aliphatic carbocycles. The second-order valence-corrected chi connectivity index (χ2v) is 4.17. The summed E-state index contributed by atoms with van der Waals surface area (Å²) in [5.41, 5.74) is 1.03. The number of rotatable bonds is 5. The zero-order valence-electron chi connectivity index (χ0n) is 9.64. The minimum absolute atomic E-state index is 0.659. The van der Waals surface area contributed by atoms with E-state index in [9.17, 15) is 0 Å². The Labute approximate surface area is 105 Å². The summed E-state index contributed by atoms with van der Waals surface area (Å²) in [6, 6.07) is 5.65. The molecule has 1 heterocycles. The Morgan fingerprint density at radius 1 is 1.29 bits per heavy atom. The maximum Gasteiger partial charge on any atom is 0.124 e. The first-order chi connectivity index (χ1) is 8.29. The molecule has 0 N–H and O–H groups in total. The van der Waals surface area contributed by atoms with E-state index >= 15 is 0 Å². The monoisotopic (exact) mass is 251 g/mol. The molecule has 2 rings (SSSR count). The van der Waals surface area contributed by atoms with E-state index in [1.54, 1.807) is 12.7 Å². The predicted octanol–water partition coefficient (Wildman–Crippen LogP) is 2.77. The Hall–Kier alpha value is -1.55. The maximum atomic E-state index is 5.99. The fraction of sp³-hybridized carbons (Fsp3) is 0.333. The van der Waals surface area contributed by atoms with Gasteiger partial charge in [-0.25, -0.2) is 0 Å². The highest BCUT2D eigenvalue weighted by atomic mass is 35.5. The molecule has 17 heavy (non-hydrogen) atoms. The zero-order valence-corrected chi connectivity index (χ0v) is 10.4. The van der Waals surface area contributed by atoms with Crippen molar-refractivity contribution in [3.05, 3.63) is 41.4 Å². The lowest BCUT2D eigenvalue weighted by molar-refractivity contribution is 0.313. The topological polar surface area (TPSA) is 39.9 Å². The van der Waals surface area contributed by atoms with E-state index in [1.165, 1.54) is 0 Å². The van der Waals surface area contributed by atoms with Crippen molar-refractivity contribution in [3.8, 4) is 5.75 Å². The van der Waals surface area contributed by atoms with Gasteiger partial charge in [0.1, 0.15) is 18.4 Å². The average Bonchev–Trinajstić information content (AvgIpc) is 2.81. The third-order valence-corrected chi connectivity index (χ3v) is 2.54. The van der Waals surface area contributed by atoms with Crippen LogP contribution in [0.5, 0.6) is 5.75 Å². The smallest absolute Gasteiger partial charge is 0.124 e. The van der Waals surface area contributed by atoms with Crippen LogP contribution in [0.2, 0.25) is 5.02 Å². The quantitative estimate of drug-likeness (QED) is 0.820. The van der Waals surface area contributed by atoms with Gasteiger partial charge in [0.05, 0.1) is 13.2 Å². The standard InChI is InChI=1S/C12H14ClN3O/c1-2-5-17-12-4-3-11(13)6-10(12)7-16-8-14-15-9-16/h3-4,6,8-9H,2,5,7H2,1H3. The Balaban J connectivity index is 2.20. The summed E-state index contributed by atoms with van der Waals surface area (Å²) in [4.78, 5) is 0. The molecule has 0 atom stereocenters. The normalized spacial score (nSPS) is 10.5. The highest BCUT2D eigenvalue weighted by Gasteiger charge is 2.05. The van der Waals surface area contributed by atoms with Crippen LogP contribution in [0.4, 0.5) is 0 Å². The molecular weight excluding hydrogens is 238 g/mol. The van der Waals surface area contributed by atoms with Gasteiger partial charge in [-0.15, -0.1) is 10.2 Å². The minimum Gasteiger partial charge on any atom is -0.493 e. The van der Waals surface area contributed by atoms with Gasteiger partial charge < -0.3 is 9.30 Å². The van der Waals surface area contributed by atoms with Gasteiger partial charge in [0.25, 0.3) is 0 Å². The Bertz CT molecular complexity index is 471. The van der Waals surface area contributed by atoms with Gasteiger partial charge in [0.2, 0.25) is 0 Å². The molecule has 1 aromatic heterocycles. The van der Waals surface area contributed by atoms with Crippen LogP contribution in [-0.2, 0) is 6.54 Å². The van der Waals surface area contributed by atoms with Crippen molar-refractivity contribution in [2.75, 3.05) is 6.61 Å². The van der Waals surface area contributed by atoms with Crippen LogP contribution in [-0.4, -0.2) is 21.4 Å². The first-order valence-corrected chi connectivity index (χ1v) is 5.91. The Kier molecular flexibility index (Phi) is 3.98. The van der Waals surface area contributed by atoms with Crippen LogP contribution >= 0.6 is 11.6 Å². The summed E-state index contributed by atoms with van der Waals surface area (Å²) in [6.45, 7) is 3.44. The third-order valence-electron chi connectivity index (χ3n) is 2.30. The lowest BCUT2D eigenvalue weighted by Gasteiger charge is -2.11. The summed E-state index contributed by atoms with van der Waals surface area (Å²) in [7, 11) is 0. The molecule has 0 fully saturated rings. The molecule has 0 saturated carbocycles. The number of halogens is 1. The van der Waals surface area contributed by atoms with Crippen LogP contribution in [0.15, 0.2) is 30.9 Å². The summed E-state index contributed by atoms with van der Waals surface area (Å²) < 4.78 is 7.56. The number of hydrogen-bond donors (Lipinski definition) is 0. The van der Waals surface area contributed by atoms with Gasteiger partial charge in [-0.05, 0) is 24.6 Å². The minimum atomic E-state index is 0.659. The first kappa shape index (κ1) is 11.9. The lowest BCUT2D eigenvalue weighted by atomic mass is 10.2. The van der Waals surface area contributed by atoms with E-state index in [4.69, 9.17) is 16.3 Å². The van der Waals surface area contributed by atoms with Crippen LogP contribution in [0.25, 0.3) is 0 Å². The predicted molar refractivity (Wildman–Crippen MR) is 66.4 cm³/mol. The molecule has 0 aliphatic heterocycles. The molecule has 0 unspecified atom stereocenters. The van der Waals surface area contributed by atoms with Crippen molar-refractivity contribution in [2.45, 2.75) is 19.9 Å². The fourth-order valence-corrected chi connectivity index (χ4v) is 1.72. The van der Waals surface area contributed by atoms with Gasteiger partial charge in [0.15, 0.2) is 0 Å². The molecule has 2 aromatic rings. The number of ether oxygens (including phenoxy) is 1. The molecule has 4 nitrogen and oxygen atoms in total. The second-order valence-electron chi connectivity index (χ2n) is 3.73. The lowest BCUT2D eigenvalue weighted by Crippen LogP contribution is -2.02. The van der Waals surface area contributed by atoms with Crippen LogP contribution in [0.1, 0.15) is 18.9 Å². The number of nitrogens with zero attached hydrogens (tertiary/aromatic N) is 3. The molecule has 0 spiro atoms. The van der Waals surface area contributed by atoms with Gasteiger partial charge in [-0.3, -0.25) is 0 Å². The van der Waals surface area contributed by atoms with Crippen LogP contribution in [0, 0.1) is 0 Å². The summed E-state index contributed by atoms with van der Waals surface area (Å²) >= 11 is 5.99. The largest absolute Gasteiger partial charge is 0.493 e. The molecule has 0 radical (unpaired) electrons. The number of aromatic nitrogens is 3. The van der Waals surface area contributed by atoms with Crippen LogP contribution < -0.4 is 4.74 Å². The highest BCUT2D eigenvalue weighted by molar-refractivity contribution is 6.30. The van der Waals surface area contributed by atoms with Crippen LogP contribution in [0.3, 0.4) is 0 Å². The van der Waals surface area contributed by atoms with Gasteiger partial charge in [0, 0.05) is 10.6 Å². The van der Waals surface area contributed by atoms with E-state index in [0.29, 0.717) is 18.2 Å². The molecule has 0 aliphatic rings. The first-order valence-electron chi connectivity index (χ1n) is 5.53. The second kappa shape index (κ2) is 5.68. The molecule has 5 heteroatoms. The number of benzene rings is 1. The fourth-order valence-electron chi connectivity index (χ4n) is 1.52. The summed E-state index contributed by atoms with van der Waals surface area (Å²) in [5.74, 6) is 0.866. The van der Waals surface area contributed by atoms with Crippen molar-refractivity contribution >= 4 is 11.6 Å². The molecule has 90 valence electrons. The van der Waals surface area contributed by atoms with Crippen molar-refractivity contribution < 1.29 is 4.74 Å². The highest BCUT2D eigenvalue weighted by Crippen LogP contribution is 2.23. The van der Waals surface area contributed by atoms with Gasteiger partial charge in [-0.2, -0.15) is 0 Å². The summed E-state index contributed by atoms with van der Waals surface area (Å²) in [6.07, 6.45) is 4.32. The Morgan fingerprint density at radius 3 is 2.76 bits per heavy atom. The Morgan fingerprint density at radius 2 is 2.06 bits per heavy atom. The van der Waals surface area contributed by atoms with E-state index < -0.39 is 0 Å². The van der Waals surface area contributed by atoms with E-state index in [2.05, 4.69) is 17.1 Å². The molecule has 1 aromatic carbocycles. The summed E-state index contributed by atoms with van der Waals surface area (Å²) in [5, 5.41) is 8.25. The molecular formula is C12H14ClN3O.